The van der Waals surface area contributed by atoms with E-state index in [1.807, 2.05) is 57.2 Å². The van der Waals surface area contributed by atoms with Crippen molar-refractivity contribution in [1.82, 2.24) is 4.98 Å². The third-order valence-electron chi connectivity index (χ3n) is 2.83. The molecule has 0 radical (unpaired) electrons. The van der Waals surface area contributed by atoms with Crippen molar-refractivity contribution in [2.24, 2.45) is 5.41 Å². The number of fused-ring (bicyclic) bond motifs is 1. The Morgan fingerprint density at radius 3 is 2.53 bits per heavy atom. The summed E-state index contributed by atoms with van der Waals surface area (Å²) in [5.74, 6) is 0.222. The lowest BCUT2D eigenvalue weighted by atomic mass is 9.88. The van der Waals surface area contributed by atoms with Gasteiger partial charge in [-0.15, -0.1) is 0 Å². The van der Waals surface area contributed by atoms with Crippen LogP contribution in [-0.4, -0.2) is 10.8 Å². The molecule has 0 bridgehead atoms. The summed E-state index contributed by atoms with van der Waals surface area (Å²) in [6, 6.07) is 11.9. The molecule has 0 aliphatic carbocycles. The highest BCUT2D eigenvalue weighted by atomic mass is 16.1. The summed E-state index contributed by atoms with van der Waals surface area (Å²) in [5, 5.41) is 1.11. The van der Waals surface area contributed by atoms with Gasteiger partial charge in [0.05, 0.1) is 5.52 Å². The van der Waals surface area contributed by atoms with Crippen LogP contribution in [0.3, 0.4) is 0 Å². The first kappa shape index (κ1) is 11.8. The number of rotatable bonds is 2. The Balaban J connectivity index is 2.29. The van der Waals surface area contributed by atoms with E-state index in [4.69, 9.17) is 0 Å². The van der Waals surface area contributed by atoms with Crippen molar-refractivity contribution in [3.63, 3.8) is 0 Å². The van der Waals surface area contributed by atoms with Crippen molar-refractivity contribution in [1.29, 1.82) is 0 Å². The number of carbonyl (C=O) groups excluding carboxylic acids is 1. The van der Waals surface area contributed by atoms with Gasteiger partial charge < -0.3 is 0 Å². The van der Waals surface area contributed by atoms with E-state index in [0.29, 0.717) is 6.42 Å². The molecule has 0 unspecified atom stereocenters. The van der Waals surface area contributed by atoms with Gasteiger partial charge in [0.2, 0.25) is 0 Å². The smallest absolute Gasteiger partial charge is 0.144 e. The third-order valence-corrected chi connectivity index (χ3v) is 2.83. The van der Waals surface area contributed by atoms with Crippen molar-refractivity contribution < 1.29 is 4.79 Å². The van der Waals surface area contributed by atoms with Crippen molar-refractivity contribution in [3.8, 4) is 0 Å². The van der Waals surface area contributed by atoms with E-state index in [2.05, 4.69) is 4.98 Å². The summed E-state index contributed by atoms with van der Waals surface area (Å²) in [6.45, 7) is 5.82. The van der Waals surface area contributed by atoms with Crippen molar-refractivity contribution in [2.45, 2.75) is 27.2 Å². The number of aromatic nitrogens is 1. The molecule has 0 N–H and O–H groups in total. The SMILES string of the molecule is CC(C)(C)C(=O)Cc1ccc2ccccc2n1. The van der Waals surface area contributed by atoms with Gasteiger partial charge >= 0.3 is 0 Å². The summed E-state index contributed by atoms with van der Waals surface area (Å²) < 4.78 is 0. The second-order valence-electron chi connectivity index (χ2n) is 5.35. The molecule has 2 aromatic rings. The molecule has 0 saturated carbocycles. The Kier molecular flexibility index (Phi) is 2.97. The van der Waals surface area contributed by atoms with Crippen LogP contribution in [0, 0.1) is 5.41 Å². The van der Waals surface area contributed by atoms with E-state index < -0.39 is 0 Å². The maximum atomic E-state index is 11.9. The molecular formula is C15H17NO. The predicted octanol–water partition coefficient (Wildman–Crippen LogP) is 3.39. The van der Waals surface area contributed by atoms with Gasteiger partial charge in [0.25, 0.3) is 0 Å². The fourth-order valence-electron chi connectivity index (χ4n) is 1.64. The van der Waals surface area contributed by atoms with Crippen molar-refractivity contribution in [3.05, 3.63) is 42.1 Å². The van der Waals surface area contributed by atoms with Gasteiger partial charge in [0, 0.05) is 22.9 Å². The number of hydrogen-bond acceptors (Lipinski definition) is 2. The molecule has 17 heavy (non-hydrogen) atoms. The first-order valence-corrected chi connectivity index (χ1v) is 5.85. The number of para-hydroxylation sites is 1. The van der Waals surface area contributed by atoms with Crippen LogP contribution < -0.4 is 0 Å². The van der Waals surface area contributed by atoms with E-state index in [9.17, 15) is 4.79 Å². The molecule has 2 heteroatoms. The van der Waals surface area contributed by atoms with Gasteiger partial charge in [-0.1, -0.05) is 45.0 Å². The first-order valence-electron chi connectivity index (χ1n) is 5.85. The number of carbonyl (C=O) groups is 1. The minimum absolute atomic E-state index is 0.222. The fourth-order valence-corrected chi connectivity index (χ4v) is 1.64. The second-order valence-corrected chi connectivity index (χ2v) is 5.35. The molecule has 1 aromatic heterocycles. The molecule has 0 atom stereocenters. The van der Waals surface area contributed by atoms with Gasteiger partial charge in [-0.2, -0.15) is 0 Å². The maximum absolute atomic E-state index is 11.9. The standard InChI is InChI=1S/C15H17NO/c1-15(2,3)14(17)10-12-9-8-11-6-4-5-7-13(11)16-12/h4-9H,10H2,1-3H3. The Morgan fingerprint density at radius 2 is 1.82 bits per heavy atom. The summed E-state index contributed by atoms with van der Waals surface area (Å²) in [7, 11) is 0. The number of pyridine rings is 1. The first-order chi connectivity index (χ1) is 7.97. The highest BCUT2D eigenvalue weighted by molar-refractivity contribution is 5.86. The zero-order valence-corrected chi connectivity index (χ0v) is 10.5. The Labute approximate surface area is 102 Å². The van der Waals surface area contributed by atoms with E-state index in [0.717, 1.165) is 16.6 Å². The van der Waals surface area contributed by atoms with Crippen LogP contribution >= 0.6 is 0 Å². The van der Waals surface area contributed by atoms with Crippen LogP contribution in [0.2, 0.25) is 0 Å². The number of nitrogens with zero attached hydrogens (tertiary/aromatic N) is 1. The van der Waals surface area contributed by atoms with Gasteiger partial charge in [0.1, 0.15) is 5.78 Å². The fraction of sp³-hybridized carbons (Fsp3) is 0.333. The highest BCUT2D eigenvalue weighted by Crippen LogP contribution is 2.18. The van der Waals surface area contributed by atoms with Gasteiger partial charge in [-0.3, -0.25) is 9.78 Å². The molecule has 0 aliphatic heterocycles. The average molecular weight is 227 g/mol. The summed E-state index contributed by atoms with van der Waals surface area (Å²) in [5.41, 5.74) is 1.50. The molecule has 1 heterocycles. The number of Topliss-reactive ketones (excluding diaryl/α,β-unsaturated/α-hetero) is 1. The minimum Gasteiger partial charge on any atom is -0.299 e. The third kappa shape index (κ3) is 2.70. The monoisotopic (exact) mass is 227 g/mol. The average Bonchev–Trinajstić information content (AvgIpc) is 2.27. The van der Waals surface area contributed by atoms with E-state index in [1.54, 1.807) is 0 Å². The summed E-state index contributed by atoms with van der Waals surface area (Å²) in [6.07, 6.45) is 0.411. The number of ketones is 1. The zero-order chi connectivity index (χ0) is 12.5. The Hall–Kier alpha value is -1.70. The number of hydrogen-bond donors (Lipinski definition) is 0. The van der Waals surface area contributed by atoms with E-state index in [1.165, 1.54) is 0 Å². The Morgan fingerprint density at radius 1 is 1.12 bits per heavy atom. The topological polar surface area (TPSA) is 30.0 Å². The molecule has 0 spiro atoms. The molecule has 0 aliphatic rings. The molecule has 2 rings (SSSR count). The van der Waals surface area contributed by atoms with Gasteiger partial charge in [-0.25, -0.2) is 0 Å². The predicted molar refractivity (Wildman–Crippen MR) is 69.9 cm³/mol. The van der Waals surface area contributed by atoms with Gasteiger partial charge in [-0.05, 0) is 12.1 Å². The van der Waals surface area contributed by atoms with Crippen LogP contribution in [0.4, 0.5) is 0 Å². The lowest BCUT2D eigenvalue weighted by Crippen LogP contribution is -2.22. The van der Waals surface area contributed by atoms with Crippen molar-refractivity contribution >= 4 is 16.7 Å². The quantitative estimate of drug-likeness (QED) is 0.787. The van der Waals surface area contributed by atoms with Crippen LogP contribution in [0.5, 0.6) is 0 Å². The molecule has 1 aromatic carbocycles. The van der Waals surface area contributed by atoms with Crippen LogP contribution in [0.1, 0.15) is 26.5 Å². The van der Waals surface area contributed by atoms with Crippen LogP contribution in [-0.2, 0) is 11.2 Å². The number of benzene rings is 1. The lowest BCUT2D eigenvalue weighted by Gasteiger charge is -2.16. The summed E-state index contributed by atoms with van der Waals surface area (Å²) in [4.78, 5) is 16.4. The van der Waals surface area contributed by atoms with E-state index in [-0.39, 0.29) is 11.2 Å². The second kappa shape index (κ2) is 4.28. The highest BCUT2D eigenvalue weighted by Gasteiger charge is 2.21. The molecule has 88 valence electrons. The maximum Gasteiger partial charge on any atom is 0.144 e. The van der Waals surface area contributed by atoms with Crippen LogP contribution in [0.15, 0.2) is 36.4 Å². The van der Waals surface area contributed by atoms with Crippen LogP contribution in [0.25, 0.3) is 10.9 Å². The molecule has 0 fully saturated rings. The molecule has 0 saturated heterocycles. The normalized spacial score (nSPS) is 11.7. The zero-order valence-electron chi connectivity index (χ0n) is 10.5. The van der Waals surface area contributed by atoms with Gasteiger partial charge in [0.15, 0.2) is 0 Å². The molecule has 2 nitrogen and oxygen atoms in total. The molecular weight excluding hydrogens is 210 g/mol. The minimum atomic E-state index is -0.298. The van der Waals surface area contributed by atoms with Crippen molar-refractivity contribution in [2.75, 3.05) is 0 Å². The Bertz CT molecular complexity index is 552. The van der Waals surface area contributed by atoms with E-state index >= 15 is 0 Å². The molecule has 0 amide bonds. The largest absolute Gasteiger partial charge is 0.299 e. The lowest BCUT2D eigenvalue weighted by molar-refractivity contribution is -0.125. The summed E-state index contributed by atoms with van der Waals surface area (Å²) >= 11 is 0.